The molecule has 2 fully saturated rings. The standard InChI is InChI=1S/C15H20N2O3S/c1-8-6-17(7-11(8)15(19)20)14(18)13-9(2)16-12(21-13)5-10-3-4-10/h8,10-11H,3-7H2,1-2H3,(H,19,20)/t8-,11-/m1/s1. The minimum atomic E-state index is -0.812. The Hall–Kier alpha value is -1.43. The maximum atomic E-state index is 12.6. The first-order valence-electron chi connectivity index (χ1n) is 7.44. The lowest BCUT2D eigenvalue weighted by Crippen LogP contribution is -2.29. The lowest BCUT2D eigenvalue weighted by atomic mass is 9.99. The van der Waals surface area contributed by atoms with Crippen LogP contribution in [0.1, 0.15) is 40.1 Å². The van der Waals surface area contributed by atoms with E-state index in [4.69, 9.17) is 0 Å². The molecule has 0 spiro atoms. The maximum absolute atomic E-state index is 12.6. The van der Waals surface area contributed by atoms with Crippen molar-refractivity contribution in [3.05, 3.63) is 15.6 Å². The third-order valence-corrected chi connectivity index (χ3v) is 5.58. The molecule has 114 valence electrons. The predicted molar refractivity (Wildman–Crippen MR) is 79.5 cm³/mol. The molecule has 1 saturated heterocycles. The van der Waals surface area contributed by atoms with Crippen molar-refractivity contribution in [2.45, 2.75) is 33.1 Å². The highest BCUT2D eigenvalue weighted by atomic mass is 32.1. The van der Waals surface area contributed by atoms with Gasteiger partial charge in [0.2, 0.25) is 0 Å². The van der Waals surface area contributed by atoms with Gasteiger partial charge in [-0.1, -0.05) is 6.92 Å². The van der Waals surface area contributed by atoms with Crippen LogP contribution in [0.3, 0.4) is 0 Å². The summed E-state index contributed by atoms with van der Waals surface area (Å²) >= 11 is 1.48. The van der Waals surface area contributed by atoms with Crippen molar-refractivity contribution in [1.82, 2.24) is 9.88 Å². The first-order chi connectivity index (χ1) is 9.95. The third kappa shape index (κ3) is 2.95. The number of rotatable bonds is 4. The molecular weight excluding hydrogens is 288 g/mol. The molecule has 3 rings (SSSR count). The Morgan fingerprint density at radius 1 is 1.38 bits per heavy atom. The van der Waals surface area contributed by atoms with Gasteiger partial charge in [-0.2, -0.15) is 0 Å². The van der Waals surface area contributed by atoms with E-state index in [0.717, 1.165) is 23.0 Å². The van der Waals surface area contributed by atoms with Crippen LogP contribution in [0.5, 0.6) is 0 Å². The zero-order valence-corrected chi connectivity index (χ0v) is 13.2. The highest BCUT2D eigenvalue weighted by molar-refractivity contribution is 7.13. The number of thiazole rings is 1. The van der Waals surface area contributed by atoms with Crippen LogP contribution in [0.15, 0.2) is 0 Å². The Bertz CT molecular complexity index is 579. The van der Waals surface area contributed by atoms with Gasteiger partial charge < -0.3 is 10.0 Å². The molecule has 6 heteroatoms. The molecular formula is C15H20N2O3S. The average molecular weight is 308 g/mol. The fraction of sp³-hybridized carbons (Fsp3) is 0.667. The van der Waals surface area contributed by atoms with E-state index in [1.54, 1.807) is 4.90 Å². The molecule has 1 aromatic rings. The van der Waals surface area contributed by atoms with E-state index in [1.165, 1.54) is 24.2 Å². The summed E-state index contributed by atoms with van der Waals surface area (Å²) in [5, 5.41) is 10.2. The third-order valence-electron chi connectivity index (χ3n) is 4.41. The first kappa shape index (κ1) is 14.5. The molecule has 5 nitrogen and oxygen atoms in total. The van der Waals surface area contributed by atoms with Crippen LogP contribution in [0, 0.1) is 24.7 Å². The van der Waals surface area contributed by atoms with Gasteiger partial charge in [0.15, 0.2) is 0 Å². The Labute approximate surface area is 128 Å². The summed E-state index contributed by atoms with van der Waals surface area (Å²) in [6.45, 7) is 4.59. The van der Waals surface area contributed by atoms with E-state index >= 15 is 0 Å². The van der Waals surface area contributed by atoms with Crippen molar-refractivity contribution < 1.29 is 14.7 Å². The van der Waals surface area contributed by atoms with Gasteiger partial charge in [-0.05, 0) is 31.6 Å². The van der Waals surface area contributed by atoms with Gasteiger partial charge in [0, 0.05) is 19.5 Å². The van der Waals surface area contributed by atoms with Crippen LogP contribution in [0.4, 0.5) is 0 Å². The molecule has 21 heavy (non-hydrogen) atoms. The number of aryl methyl sites for hydroxylation is 1. The second-order valence-corrected chi connectivity index (χ2v) is 7.39. The van der Waals surface area contributed by atoms with E-state index in [2.05, 4.69) is 4.98 Å². The minimum absolute atomic E-state index is 0.00520. The highest BCUT2D eigenvalue weighted by Gasteiger charge is 2.38. The number of likely N-dealkylation sites (tertiary alicyclic amines) is 1. The Morgan fingerprint density at radius 3 is 2.67 bits per heavy atom. The van der Waals surface area contributed by atoms with Crippen LogP contribution in [-0.4, -0.2) is 40.0 Å². The second kappa shape index (κ2) is 5.40. The number of nitrogens with zero attached hydrogens (tertiary/aromatic N) is 2. The smallest absolute Gasteiger partial charge is 0.308 e. The van der Waals surface area contributed by atoms with E-state index in [-0.39, 0.29) is 11.8 Å². The maximum Gasteiger partial charge on any atom is 0.308 e. The monoisotopic (exact) mass is 308 g/mol. The van der Waals surface area contributed by atoms with Gasteiger partial charge in [0.05, 0.1) is 16.6 Å². The molecule has 1 N–H and O–H groups in total. The number of carboxylic acid groups (broad SMARTS) is 1. The summed E-state index contributed by atoms with van der Waals surface area (Å²) < 4.78 is 0. The van der Waals surface area contributed by atoms with E-state index in [9.17, 15) is 14.7 Å². The Kier molecular flexibility index (Phi) is 3.73. The summed E-state index contributed by atoms with van der Waals surface area (Å²) in [5.41, 5.74) is 0.784. The van der Waals surface area contributed by atoms with E-state index in [0.29, 0.717) is 18.0 Å². The molecule has 0 radical (unpaired) electrons. The van der Waals surface area contributed by atoms with Crippen molar-refractivity contribution >= 4 is 23.2 Å². The van der Waals surface area contributed by atoms with Crippen molar-refractivity contribution in [2.75, 3.05) is 13.1 Å². The zero-order chi connectivity index (χ0) is 15.1. The van der Waals surface area contributed by atoms with Gasteiger partial charge >= 0.3 is 5.97 Å². The summed E-state index contributed by atoms with van der Waals surface area (Å²) in [4.78, 5) is 30.6. The van der Waals surface area contributed by atoms with Crippen molar-refractivity contribution in [3.63, 3.8) is 0 Å². The number of hydrogen-bond donors (Lipinski definition) is 1. The quantitative estimate of drug-likeness (QED) is 0.925. The number of carboxylic acids is 1. The zero-order valence-electron chi connectivity index (χ0n) is 12.3. The van der Waals surface area contributed by atoms with Crippen LogP contribution in [-0.2, 0) is 11.2 Å². The van der Waals surface area contributed by atoms with Gasteiger partial charge in [0.25, 0.3) is 5.91 Å². The molecule has 1 saturated carbocycles. The molecule has 1 aliphatic carbocycles. The number of amides is 1. The fourth-order valence-electron chi connectivity index (χ4n) is 2.90. The lowest BCUT2D eigenvalue weighted by molar-refractivity contribution is -0.142. The fourth-order valence-corrected chi connectivity index (χ4v) is 4.05. The molecule has 2 heterocycles. The number of aromatic nitrogens is 1. The van der Waals surface area contributed by atoms with Crippen molar-refractivity contribution in [3.8, 4) is 0 Å². The van der Waals surface area contributed by atoms with Crippen molar-refractivity contribution in [2.24, 2.45) is 17.8 Å². The van der Waals surface area contributed by atoms with Gasteiger partial charge in [0.1, 0.15) is 4.88 Å². The number of aliphatic carboxylic acids is 1. The molecule has 2 atom stereocenters. The Morgan fingerprint density at radius 2 is 2.10 bits per heavy atom. The number of carbonyl (C=O) groups is 2. The number of carbonyl (C=O) groups excluding carboxylic acids is 1. The van der Waals surface area contributed by atoms with Gasteiger partial charge in [-0.15, -0.1) is 11.3 Å². The SMILES string of the molecule is Cc1nc(CC2CC2)sc1C(=O)N1C[C@@H](C)[C@H](C(=O)O)C1. The summed E-state index contributed by atoms with van der Waals surface area (Å²) in [7, 11) is 0. The van der Waals surface area contributed by atoms with Crippen LogP contribution in [0.25, 0.3) is 0 Å². The predicted octanol–water partition coefficient (Wildman–Crippen LogP) is 2.20. The second-order valence-electron chi connectivity index (χ2n) is 6.30. The van der Waals surface area contributed by atoms with Crippen LogP contribution >= 0.6 is 11.3 Å². The van der Waals surface area contributed by atoms with Crippen molar-refractivity contribution in [1.29, 1.82) is 0 Å². The first-order valence-corrected chi connectivity index (χ1v) is 8.25. The van der Waals surface area contributed by atoms with Gasteiger partial charge in [-0.3, -0.25) is 9.59 Å². The molecule has 0 unspecified atom stereocenters. The summed E-state index contributed by atoms with van der Waals surface area (Å²) in [6, 6.07) is 0. The molecule has 1 aliphatic heterocycles. The summed E-state index contributed by atoms with van der Waals surface area (Å²) in [5.74, 6) is -0.559. The van der Waals surface area contributed by atoms with E-state index in [1.807, 2.05) is 13.8 Å². The normalized spacial score (nSPS) is 25.3. The molecule has 1 aromatic heterocycles. The van der Waals surface area contributed by atoms with Crippen LogP contribution in [0.2, 0.25) is 0 Å². The lowest BCUT2D eigenvalue weighted by Gasteiger charge is -2.14. The molecule has 0 bridgehead atoms. The van der Waals surface area contributed by atoms with Crippen LogP contribution < -0.4 is 0 Å². The highest BCUT2D eigenvalue weighted by Crippen LogP contribution is 2.35. The minimum Gasteiger partial charge on any atom is -0.481 e. The molecule has 0 aromatic carbocycles. The van der Waals surface area contributed by atoms with Gasteiger partial charge in [-0.25, -0.2) is 4.98 Å². The average Bonchev–Trinajstić information content (AvgIpc) is 3.02. The molecule has 1 amide bonds. The largest absolute Gasteiger partial charge is 0.481 e. The van der Waals surface area contributed by atoms with E-state index < -0.39 is 11.9 Å². The Balaban J connectivity index is 1.73. The molecule has 2 aliphatic rings. The number of hydrogen-bond acceptors (Lipinski definition) is 4. The topological polar surface area (TPSA) is 70.5 Å². The summed E-state index contributed by atoms with van der Waals surface area (Å²) in [6.07, 6.45) is 3.52.